The first-order chi connectivity index (χ1) is 15.8. The second-order valence-corrected chi connectivity index (χ2v) is 7.84. The average Bonchev–Trinajstić information content (AvgIpc) is 3.23. The van der Waals surface area contributed by atoms with Gasteiger partial charge in [-0.2, -0.15) is 15.3 Å². The number of hydrogen-bond donors (Lipinski definition) is 3. The number of hydrogen-bond acceptors (Lipinski definition) is 9. The number of nitriles is 1. The standard InChI is InChI=1S/C21H21N11O/c1-10-4-5-15-12(6-10)11(2)33-19-18(23)26-8-13(27-19)17-14(29-30(3)16(17)7-22)9-31-20(24)28-21(25)32(15)31/h4-6,8,11H,9H2,1-3H3,(H2,23,26)(H3,24,25,28)/t11-/m1/s1. The van der Waals surface area contributed by atoms with Crippen LogP contribution in [-0.2, 0) is 13.6 Å². The third-order valence-corrected chi connectivity index (χ3v) is 5.61. The number of fused-ring (bicyclic) bond motifs is 7. The summed E-state index contributed by atoms with van der Waals surface area (Å²) in [6.45, 7) is 3.97. The SMILES string of the molecule is Cc1ccc2c(c1)[C@@H](C)Oc1nc(cnc1N)-c1c(nn(C)c1C#N)Cn1c(=N)nc(N)n1-2. The summed E-state index contributed by atoms with van der Waals surface area (Å²) < 4.78 is 10.9. The largest absolute Gasteiger partial charge is 0.467 e. The van der Waals surface area contributed by atoms with E-state index in [1.54, 1.807) is 16.4 Å². The number of nitrogens with one attached hydrogen (secondary N) is 1. The molecule has 0 radical (unpaired) electrons. The lowest BCUT2D eigenvalue weighted by Crippen LogP contribution is -2.26. The van der Waals surface area contributed by atoms with Crippen LogP contribution in [0.4, 0.5) is 11.8 Å². The normalized spacial score (nSPS) is 14.7. The molecule has 1 aliphatic rings. The zero-order chi connectivity index (χ0) is 23.4. The highest BCUT2D eigenvalue weighted by Gasteiger charge is 2.26. The van der Waals surface area contributed by atoms with Crippen LogP contribution in [0.25, 0.3) is 16.9 Å². The number of aryl methyl sites for hydroxylation is 2. The Hall–Kier alpha value is -4.66. The summed E-state index contributed by atoms with van der Waals surface area (Å²) >= 11 is 0. The monoisotopic (exact) mass is 443 g/mol. The van der Waals surface area contributed by atoms with Gasteiger partial charge in [0.15, 0.2) is 5.82 Å². The van der Waals surface area contributed by atoms with Gasteiger partial charge in [-0.05, 0) is 19.9 Å². The number of nitrogen functional groups attached to an aromatic ring is 2. The minimum Gasteiger partial charge on any atom is -0.467 e. The Morgan fingerprint density at radius 3 is 2.82 bits per heavy atom. The van der Waals surface area contributed by atoms with Crippen molar-refractivity contribution >= 4 is 11.8 Å². The Balaban J connectivity index is 1.89. The molecular formula is C21H21N11O. The number of nitrogens with zero attached hydrogens (tertiary/aromatic N) is 8. The van der Waals surface area contributed by atoms with Gasteiger partial charge in [0.1, 0.15) is 17.9 Å². The summed E-state index contributed by atoms with van der Waals surface area (Å²) in [5.41, 5.74) is 16.5. The lowest BCUT2D eigenvalue weighted by atomic mass is 10.0. The number of rotatable bonds is 0. The molecule has 166 valence electrons. The van der Waals surface area contributed by atoms with E-state index in [0.29, 0.717) is 28.3 Å². The molecule has 0 amide bonds. The summed E-state index contributed by atoms with van der Waals surface area (Å²) in [7, 11) is 1.67. The summed E-state index contributed by atoms with van der Waals surface area (Å²) in [5, 5.41) is 22.8. The molecular weight excluding hydrogens is 422 g/mol. The van der Waals surface area contributed by atoms with Crippen molar-refractivity contribution < 1.29 is 4.74 Å². The quantitative estimate of drug-likeness (QED) is 0.363. The van der Waals surface area contributed by atoms with Gasteiger partial charge in [0.25, 0.3) is 5.88 Å². The van der Waals surface area contributed by atoms with E-state index in [1.807, 2.05) is 32.0 Å². The number of anilines is 2. The van der Waals surface area contributed by atoms with Crippen LogP contribution in [0.1, 0.15) is 35.5 Å². The number of aromatic nitrogens is 7. The fraction of sp³-hybridized carbons (Fsp3) is 0.238. The van der Waals surface area contributed by atoms with Crippen LogP contribution in [0, 0.1) is 23.7 Å². The van der Waals surface area contributed by atoms with Crippen LogP contribution in [0.15, 0.2) is 24.4 Å². The fourth-order valence-corrected chi connectivity index (χ4v) is 4.07. The first-order valence-electron chi connectivity index (χ1n) is 10.1. The van der Waals surface area contributed by atoms with Crippen LogP contribution in [0.3, 0.4) is 0 Å². The van der Waals surface area contributed by atoms with Crippen molar-refractivity contribution in [2.45, 2.75) is 26.5 Å². The predicted octanol–water partition coefficient (Wildman–Crippen LogP) is 1.19. The zero-order valence-electron chi connectivity index (χ0n) is 18.2. The second kappa shape index (κ2) is 7.20. The molecule has 12 heteroatoms. The predicted molar refractivity (Wildman–Crippen MR) is 118 cm³/mol. The molecule has 1 atom stereocenters. The van der Waals surface area contributed by atoms with E-state index in [9.17, 15) is 5.26 Å². The van der Waals surface area contributed by atoms with Gasteiger partial charge in [0.2, 0.25) is 11.6 Å². The van der Waals surface area contributed by atoms with Gasteiger partial charge in [-0.3, -0.25) is 10.1 Å². The Bertz CT molecular complexity index is 1520. The van der Waals surface area contributed by atoms with Crippen molar-refractivity contribution in [3.8, 4) is 28.9 Å². The van der Waals surface area contributed by atoms with Crippen LogP contribution in [-0.4, -0.2) is 34.1 Å². The number of benzene rings is 1. The third-order valence-electron chi connectivity index (χ3n) is 5.61. The molecule has 0 fully saturated rings. The fourth-order valence-electron chi connectivity index (χ4n) is 4.07. The topological polar surface area (TPSA) is 175 Å². The van der Waals surface area contributed by atoms with Crippen LogP contribution in [0.5, 0.6) is 5.88 Å². The van der Waals surface area contributed by atoms with Crippen molar-refractivity contribution in [2.24, 2.45) is 7.05 Å². The van der Waals surface area contributed by atoms with E-state index in [1.165, 1.54) is 10.9 Å². The molecule has 33 heavy (non-hydrogen) atoms. The lowest BCUT2D eigenvalue weighted by Gasteiger charge is -2.22. The van der Waals surface area contributed by atoms with Crippen molar-refractivity contribution in [1.82, 2.24) is 34.1 Å². The molecule has 12 nitrogen and oxygen atoms in total. The van der Waals surface area contributed by atoms with Crippen molar-refractivity contribution in [2.75, 3.05) is 11.5 Å². The molecule has 0 unspecified atom stereocenters. The maximum Gasteiger partial charge on any atom is 0.258 e. The van der Waals surface area contributed by atoms with E-state index in [4.69, 9.17) is 21.6 Å². The van der Waals surface area contributed by atoms with E-state index in [0.717, 1.165) is 11.1 Å². The van der Waals surface area contributed by atoms with Crippen molar-refractivity contribution in [3.05, 3.63) is 52.5 Å². The Labute approximate surface area is 188 Å². The van der Waals surface area contributed by atoms with E-state index in [-0.39, 0.29) is 29.8 Å². The van der Waals surface area contributed by atoms with Crippen LogP contribution < -0.4 is 21.8 Å². The number of nitrogens with two attached hydrogens (primary N) is 2. The Kier molecular flexibility index (Phi) is 4.42. The summed E-state index contributed by atoms with van der Waals surface area (Å²) in [6, 6.07) is 7.99. The van der Waals surface area contributed by atoms with Gasteiger partial charge in [0, 0.05) is 12.6 Å². The van der Waals surface area contributed by atoms with Gasteiger partial charge in [-0.1, -0.05) is 17.7 Å². The molecule has 1 aromatic carbocycles. The van der Waals surface area contributed by atoms with Crippen molar-refractivity contribution in [3.63, 3.8) is 0 Å². The molecule has 0 saturated carbocycles. The molecule has 0 saturated heterocycles. The lowest BCUT2D eigenvalue weighted by molar-refractivity contribution is 0.217. The smallest absolute Gasteiger partial charge is 0.258 e. The van der Waals surface area contributed by atoms with Gasteiger partial charge in [-0.25, -0.2) is 19.3 Å². The first-order valence-corrected chi connectivity index (χ1v) is 10.1. The van der Waals surface area contributed by atoms with E-state index >= 15 is 0 Å². The third kappa shape index (κ3) is 3.09. The van der Waals surface area contributed by atoms with E-state index < -0.39 is 6.10 Å². The maximum atomic E-state index is 9.79. The van der Waals surface area contributed by atoms with Crippen LogP contribution in [0.2, 0.25) is 0 Å². The average molecular weight is 443 g/mol. The minimum absolute atomic E-state index is 0.0520. The molecule has 5 rings (SSSR count). The molecule has 3 aromatic heterocycles. The Morgan fingerprint density at radius 2 is 2.06 bits per heavy atom. The Morgan fingerprint density at radius 1 is 1.27 bits per heavy atom. The molecule has 4 heterocycles. The molecule has 0 aliphatic carbocycles. The second-order valence-electron chi connectivity index (χ2n) is 7.84. The van der Waals surface area contributed by atoms with E-state index in [2.05, 4.69) is 26.1 Å². The van der Waals surface area contributed by atoms with Crippen molar-refractivity contribution in [1.29, 1.82) is 10.7 Å². The molecule has 5 N–H and O–H groups in total. The van der Waals surface area contributed by atoms with Gasteiger partial charge in [-0.15, -0.1) is 0 Å². The molecule has 4 aromatic rings. The highest BCUT2D eigenvalue weighted by atomic mass is 16.5. The van der Waals surface area contributed by atoms with Gasteiger partial charge in [0.05, 0.1) is 35.4 Å². The molecule has 1 aliphatic heterocycles. The van der Waals surface area contributed by atoms with Crippen LogP contribution >= 0.6 is 0 Å². The number of ether oxygens (including phenoxy) is 1. The summed E-state index contributed by atoms with van der Waals surface area (Å²) in [6.07, 6.45) is 0.995. The first kappa shape index (κ1) is 20.3. The summed E-state index contributed by atoms with van der Waals surface area (Å²) in [5.74, 6) is 0.427. The highest BCUT2D eigenvalue weighted by Crippen LogP contribution is 2.33. The molecule has 0 spiro atoms. The minimum atomic E-state index is -0.487. The van der Waals surface area contributed by atoms with Gasteiger partial charge >= 0.3 is 0 Å². The highest BCUT2D eigenvalue weighted by molar-refractivity contribution is 5.69. The molecule has 2 bridgehead atoms. The van der Waals surface area contributed by atoms with Gasteiger partial charge < -0.3 is 16.2 Å². The zero-order valence-corrected chi connectivity index (χ0v) is 18.2. The summed E-state index contributed by atoms with van der Waals surface area (Å²) in [4.78, 5) is 13.0. The maximum absolute atomic E-state index is 9.79.